The molecule has 0 aliphatic heterocycles. The fourth-order valence-corrected chi connectivity index (χ4v) is 1.29. The number of hydrogen-bond acceptors (Lipinski definition) is 3. The van der Waals surface area contributed by atoms with E-state index in [2.05, 4.69) is 10.3 Å². The van der Waals surface area contributed by atoms with Gasteiger partial charge in [0.15, 0.2) is 0 Å². The van der Waals surface area contributed by atoms with Crippen LogP contribution in [0, 0.1) is 0 Å². The van der Waals surface area contributed by atoms with Crippen LogP contribution in [-0.4, -0.2) is 23.1 Å². The quantitative estimate of drug-likeness (QED) is 0.739. The van der Waals surface area contributed by atoms with Gasteiger partial charge in [-0.2, -0.15) is 0 Å². The molecule has 1 aromatic rings. The summed E-state index contributed by atoms with van der Waals surface area (Å²) in [5.41, 5.74) is 0.885. The number of carbonyl (C=O) groups is 1. The van der Waals surface area contributed by atoms with Crippen molar-refractivity contribution in [2.24, 2.45) is 0 Å². The Kier molecular flexibility index (Phi) is 4.07. The average Bonchev–Trinajstić information content (AvgIpc) is 2.20. The zero-order valence-corrected chi connectivity index (χ0v) is 8.10. The lowest BCUT2D eigenvalue weighted by Crippen LogP contribution is -2.18. The Morgan fingerprint density at radius 1 is 1.64 bits per heavy atom. The minimum absolute atomic E-state index is 0.0206. The van der Waals surface area contributed by atoms with Crippen LogP contribution in [0.2, 0.25) is 0 Å². The smallest absolute Gasteiger partial charge is 0.303 e. The summed E-state index contributed by atoms with van der Waals surface area (Å²) in [4.78, 5) is 14.6. The van der Waals surface area contributed by atoms with Gasteiger partial charge in [-0.1, -0.05) is 6.07 Å². The van der Waals surface area contributed by atoms with E-state index in [0.717, 1.165) is 5.69 Å². The third kappa shape index (κ3) is 3.14. The molecule has 0 fully saturated rings. The number of aliphatic carboxylic acids is 1. The zero-order valence-electron chi connectivity index (χ0n) is 8.10. The molecule has 0 aromatic carbocycles. The Hall–Kier alpha value is -1.42. The second-order valence-electron chi connectivity index (χ2n) is 3.03. The highest BCUT2D eigenvalue weighted by atomic mass is 16.4. The maximum atomic E-state index is 10.4. The van der Waals surface area contributed by atoms with Gasteiger partial charge in [0.05, 0.1) is 5.69 Å². The number of hydrogen-bond donors (Lipinski definition) is 2. The summed E-state index contributed by atoms with van der Waals surface area (Å²) in [6.07, 6.45) is 2.42. The molecule has 76 valence electrons. The van der Waals surface area contributed by atoms with Gasteiger partial charge < -0.3 is 10.4 Å². The normalized spacial score (nSPS) is 12.4. The van der Waals surface area contributed by atoms with Gasteiger partial charge in [0.25, 0.3) is 0 Å². The number of carboxylic acids is 1. The number of nitrogens with one attached hydrogen (secondary N) is 1. The monoisotopic (exact) mass is 194 g/mol. The topological polar surface area (TPSA) is 62.2 Å². The highest BCUT2D eigenvalue weighted by Gasteiger charge is 2.11. The van der Waals surface area contributed by atoms with Crippen LogP contribution in [0.25, 0.3) is 0 Å². The highest BCUT2D eigenvalue weighted by molar-refractivity contribution is 5.66. The maximum Gasteiger partial charge on any atom is 0.303 e. The van der Waals surface area contributed by atoms with E-state index >= 15 is 0 Å². The van der Waals surface area contributed by atoms with Crippen molar-refractivity contribution in [2.45, 2.75) is 18.9 Å². The summed E-state index contributed by atoms with van der Waals surface area (Å²) in [6.45, 7) is 0. The molecule has 0 saturated carbocycles. The Balaban J connectivity index is 2.58. The number of nitrogens with zero attached hydrogens (tertiary/aromatic N) is 1. The van der Waals surface area contributed by atoms with E-state index in [1.807, 2.05) is 18.2 Å². The van der Waals surface area contributed by atoms with Crippen LogP contribution in [-0.2, 0) is 4.79 Å². The molecule has 0 bridgehead atoms. The molecule has 0 saturated heterocycles. The van der Waals surface area contributed by atoms with Crippen LogP contribution in [0.15, 0.2) is 24.4 Å². The van der Waals surface area contributed by atoms with Crippen molar-refractivity contribution in [3.05, 3.63) is 30.1 Å². The first-order valence-electron chi connectivity index (χ1n) is 4.54. The summed E-state index contributed by atoms with van der Waals surface area (Å²) in [5.74, 6) is -0.777. The lowest BCUT2D eigenvalue weighted by atomic mass is 10.1. The SMILES string of the molecule is CNC(CCC(=O)O)c1ccccn1. The number of aromatic nitrogens is 1. The van der Waals surface area contributed by atoms with Crippen molar-refractivity contribution in [1.29, 1.82) is 0 Å². The highest BCUT2D eigenvalue weighted by Crippen LogP contribution is 2.14. The van der Waals surface area contributed by atoms with Gasteiger partial charge in [-0.25, -0.2) is 0 Å². The lowest BCUT2D eigenvalue weighted by molar-refractivity contribution is -0.137. The molecule has 14 heavy (non-hydrogen) atoms. The molecule has 0 radical (unpaired) electrons. The molecule has 4 nitrogen and oxygen atoms in total. The van der Waals surface area contributed by atoms with Gasteiger partial charge in [-0.15, -0.1) is 0 Å². The van der Waals surface area contributed by atoms with Crippen LogP contribution in [0.5, 0.6) is 0 Å². The molecule has 2 N–H and O–H groups in total. The molecular formula is C10H14N2O2. The molecule has 0 aliphatic rings. The fraction of sp³-hybridized carbons (Fsp3) is 0.400. The average molecular weight is 194 g/mol. The lowest BCUT2D eigenvalue weighted by Gasteiger charge is -2.13. The van der Waals surface area contributed by atoms with Gasteiger partial charge >= 0.3 is 5.97 Å². The van der Waals surface area contributed by atoms with E-state index in [1.54, 1.807) is 13.2 Å². The van der Waals surface area contributed by atoms with Crippen LogP contribution in [0.1, 0.15) is 24.6 Å². The van der Waals surface area contributed by atoms with E-state index in [0.29, 0.717) is 6.42 Å². The molecular weight excluding hydrogens is 180 g/mol. The molecule has 0 amide bonds. The van der Waals surface area contributed by atoms with Crippen LogP contribution in [0.4, 0.5) is 0 Å². The van der Waals surface area contributed by atoms with Crippen molar-refractivity contribution in [1.82, 2.24) is 10.3 Å². The van der Waals surface area contributed by atoms with E-state index in [1.165, 1.54) is 0 Å². The van der Waals surface area contributed by atoms with Crippen LogP contribution in [0.3, 0.4) is 0 Å². The molecule has 0 aliphatic carbocycles. The van der Waals surface area contributed by atoms with E-state index in [-0.39, 0.29) is 12.5 Å². The van der Waals surface area contributed by atoms with E-state index in [4.69, 9.17) is 5.11 Å². The second-order valence-corrected chi connectivity index (χ2v) is 3.03. The first kappa shape index (κ1) is 10.7. The van der Waals surface area contributed by atoms with Crippen molar-refractivity contribution in [3.63, 3.8) is 0 Å². The summed E-state index contributed by atoms with van der Waals surface area (Å²) >= 11 is 0. The van der Waals surface area contributed by atoms with Crippen molar-refractivity contribution >= 4 is 5.97 Å². The van der Waals surface area contributed by atoms with Crippen LogP contribution < -0.4 is 5.32 Å². The molecule has 1 atom stereocenters. The zero-order chi connectivity index (χ0) is 10.4. The number of pyridine rings is 1. The Morgan fingerprint density at radius 2 is 2.43 bits per heavy atom. The molecule has 0 spiro atoms. The maximum absolute atomic E-state index is 10.4. The predicted molar refractivity (Wildman–Crippen MR) is 52.9 cm³/mol. The standard InChI is InChI=1S/C10H14N2O2/c1-11-8(5-6-10(13)14)9-4-2-3-7-12-9/h2-4,7-8,11H,5-6H2,1H3,(H,13,14). The summed E-state index contributed by atoms with van der Waals surface area (Å²) in [5, 5.41) is 11.6. The fourth-order valence-electron chi connectivity index (χ4n) is 1.29. The van der Waals surface area contributed by atoms with Gasteiger partial charge in [-0.05, 0) is 25.6 Å². The number of carboxylic acid groups (broad SMARTS) is 1. The molecule has 4 heteroatoms. The minimum atomic E-state index is -0.777. The third-order valence-corrected chi connectivity index (χ3v) is 2.04. The molecule has 1 unspecified atom stereocenters. The van der Waals surface area contributed by atoms with Crippen molar-refractivity contribution in [2.75, 3.05) is 7.05 Å². The Bertz CT molecular complexity index is 287. The largest absolute Gasteiger partial charge is 0.481 e. The number of rotatable bonds is 5. The second kappa shape index (κ2) is 5.34. The summed E-state index contributed by atoms with van der Waals surface area (Å²) < 4.78 is 0. The molecule has 1 aromatic heterocycles. The molecule has 1 heterocycles. The van der Waals surface area contributed by atoms with Gasteiger partial charge in [0.2, 0.25) is 0 Å². The minimum Gasteiger partial charge on any atom is -0.481 e. The Morgan fingerprint density at radius 3 is 2.93 bits per heavy atom. The molecule has 1 rings (SSSR count). The van der Waals surface area contributed by atoms with E-state index in [9.17, 15) is 4.79 Å². The third-order valence-electron chi connectivity index (χ3n) is 2.04. The van der Waals surface area contributed by atoms with Gasteiger partial charge in [0, 0.05) is 18.7 Å². The summed E-state index contributed by atoms with van der Waals surface area (Å²) in [7, 11) is 1.81. The van der Waals surface area contributed by atoms with Gasteiger partial charge in [0.1, 0.15) is 0 Å². The van der Waals surface area contributed by atoms with Crippen LogP contribution >= 0.6 is 0 Å². The first-order valence-corrected chi connectivity index (χ1v) is 4.54. The Labute approximate surface area is 83.0 Å². The van der Waals surface area contributed by atoms with E-state index < -0.39 is 5.97 Å². The van der Waals surface area contributed by atoms with Crippen molar-refractivity contribution < 1.29 is 9.90 Å². The predicted octanol–water partition coefficient (Wildman–Crippen LogP) is 1.21. The van der Waals surface area contributed by atoms with Gasteiger partial charge in [-0.3, -0.25) is 9.78 Å². The van der Waals surface area contributed by atoms with Crippen molar-refractivity contribution in [3.8, 4) is 0 Å². The first-order chi connectivity index (χ1) is 6.74. The summed E-state index contributed by atoms with van der Waals surface area (Å²) in [6, 6.07) is 5.65.